The second-order valence-corrected chi connectivity index (χ2v) is 6.88. The first-order valence-electron chi connectivity index (χ1n) is 9.02. The zero-order valence-corrected chi connectivity index (χ0v) is 14.6. The SMILES string of the molecule is COc1cccc(C(=O)NC2CCN(C(=O)C3CCCC3)CC2)c1F. The molecule has 1 aromatic rings. The highest BCUT2D eigenvalue weighted by molar-refractivity contribution is 5.95. The van der Waals surface area contributed by atoms with E-state index < -0.39 is 11.7 Å². The topological polar surface area (TPSA) is 58.6 Å². The van der Waals surface area contributed by atoms with E-state index in [4.69, 9.17) is 4.74 Å². The first-order chi connectivity index (χ1) is 12.1. The maximum atomic E-state index is 14.2. The second kappa shape index (κ2) is 7.85. The van der Waals surface area contributed by atoms with E-state index in [9.17, 15) is 14.0 Å². The fraction of sp³-hybridized carbons (Fsp3) is 0.579. The number of piperidine rings is 1. The predicted molar refractivity (Wildman–Crippen MR) is 92.0 cm³/mol. The molecule has 0 unspecified atom stereocenters. The minimum absolute atomic E-state index is 0.0104. The number of likely N-dealkylation sites (tertiary alicyclic amines) is 1. The third-order valence-corrected chi connectivity index (χ3v) is 5.27. The number of hydrogen-bond donors (Lipinski definition) is 1. The number of benzene rings is 1. The van der Waals surface area contributed by atoms with Crippen LogP contribution in [0.2, 0.25) is 0 Å². The lowest BCUT2D eigenvalue weighted by molar-refractivity contribution is -0.136. The Labute approximate surface area is 147 Å². The Morgan fingerprint density at radius 2 is 1.84 bits per heavy atom. The number of nitrogens with one attached hydrogen (secondary N) is 1. The van der Waals surface area contributed by atoms with Crippen molar-refractivity contribution >= 4 is 11.8 Å². The third kappa shape index (κ3) is 3.94. The quantitative estimate of drug-likeness (QED) is 0.910. The number of hydrogen-bond acceptors (Lipinski definition) is 3. The summed E-state index contributed by atoms with van der Waals surface area (Å²) in [7, 11) is 1.37. The van der Waals surface area contributed by atoms with Gasteiger partial charge in [-0.25, -0.2) is 4.39 Å². The lowest BCUT2D eigenvalue weighted by Gasteiger charge is -2.34. The molecule has 1 aliphatic carbocycles. The van der Waals surface area contributed by atoms with E-state index in [0.29, 0.717) is 25.9 Å². The molecule has 2 fully saturated rings. The Morgan fingerprint density at radius 3 is 2.48 bits per heavy atom. The van der Waals surface area contributed by atoms with Crippen molar-refractivity contribution in [1.82, 2.24) is 10.2 Å². The minimum Gasteiger partial charge on any atom is -0.494 e. The Bertz CT molecular complexity index is 636. The maximum Gasteiger partial charge on any atom is 0.254 e. The standard InChI is InChI=1S/C19H25FN2O3/c1-25-16-8-4-7-15(17(16)20)18(23)21-14-9-11-22(12-10-14)19(24)13-5-2-3-6-13/h4,7-8,13-14H,2-3,5-6,9-12H2,1H3,(H,21,23). The van der Waals surface area contributed by atoms with E-state index in [2.05, 4.69) is 5.32 Å². The van der Waals surface area contributed by atoms with Gasteiger partial charge in [0, 0.05) is 25.0 Å². The number of methoxy groups -OCH3 is 1. The Kier molecular flexibility index (Phi) is 5.56. The van der Waals surface area contributed by atoms with Crippen molar-refractivity contribution < 1.29 is 18.7 Å². The number of ether oxygens (including phenoxy) is 1. The van der Waals surface area contributed by atoms with Crippen LogP contribution in [-0.2, 0) is 4.79 Å². The first-order valence-corrected chi connectivity index (χ1v) is 9.02. The van der Waals surface area contributed by atoms with E-state index in [-0.39, 0.29) is 29.2 Å². The highest BCUT2D eigenvalue weighted by Gasteiger charge is 2.30. The van der Waals surface area contributed by atoms with E-state index in [1.807, 2.05) is 4.90 Å². The van der Waals surface area contributed by atoms with Crippen LogP contribution in [0.5, 0.6) is 5.75 Å². The van der Waals surface area contributed by atoms with Gasteiger partial charge in [-0.05, 0) is 37.8 Å². The molecule has 1 saturated carbocycles. The predicted octanol–water partition coefficient (Wildman–Crippen LogP) is 2.75. The van der Waals surface area contributed by atoms with Gasteiger partial charge in [0.15, 0.2) is 11.6 Å². The summed E-state index contributed by atoms with van der Waals surface area (Å²) in [6.45, 7) is 1.31. The Morgan fingerprint density at radius 1 is 1.16 bits per heavy atom. The van der Waals surface area contributed by atoms with Crippen LogP contribution in [0.4, 0.5) is 4.39 Å². The molecule has 0 spiro atoms. The van der Waals surface area contributed by atoms with Gasteiger partial charge in [0.1, 0.15) is 0 Å². The van der Waals surface area contributed by atoms with Crippen LogP contribution in [0.1, 0.15) is 48.9 Å². The molecule has 1 heterocycles. The molecule has 2 amide bonds. The smallest absolute Gasteiger partial charge is 0.254 e. The van der Waals surface area contributed by atoms with Crippen LogP contribution in [0.3, 0.4) is 0 Å². The molecule has 2 aliphatic rings. The van der Waals surface area contributed by atoms with Gasteiger partial charge in [0.05, 0.1) is 12.7 Å². The Balaban J connectivity index is 1.53. The zero-order chi connectivity index (χ0) is 17.8. The lowest BCUT2D eigenvalue weighted by Crippen LogP contribution is -2.48. The molecule has 0 atom stereocenters. The van der Waals surface area contributed by atoms with Gasteiger partial charge in [-0.15, -0.1) is 0 Å². The van der Waals surface area contributed by atoms with E-state index in [1.165, 1.54) is 19.2 Å². The normalized spacial score (nSPS) is 19.0. The van der Waals surface area contributed by atoms with Crippen molar-refractivity contribution in [2.24, 2.45) is 5.92 Å². The first kappa shape index (κ1) is 17.7. The van der Waals surface area contributed by atoms with Gasteiger partial charge >= 0.3 is 0 Å². The number of nitrogens with zero attached hydrogens (tertiary/aromatic N) is 1. The summed E-state index contributed by atoms with van der Waals surface area (Å²) in [5.41, 5.74) is -0.0104. The van der Waals surface area contributed by atoms with Gasteiger partial charge in [-0.1, -0.05) is 18.9 Å². The van der Waals surface area contributed by atoms with E-state index >= 15 is 0 Å². The van der Waals surface area contributed by atoms with Crippen molar-refractivity contribution in [3.8, 4) is 5.75 Å². The molecule has 0 radical (unpaired) electrons. The number of carbonyl (C=O) groups excluding carboxylic acids is 2. The molecule has 1 aromatic carbocycles. The van der Waals surface area contributed by atoms with Crippen LogP contribution in [0.25, 0.3) is 0 Å². The van der Waals surface area contributed by atoms with Crippen LogP contribution in [0, 0.1) is 11.7 Å². The largest absolute Gasteiger partial charge is 0.494 e. The summed E-state index contributed by atoms with van der Waals surface area (Å²) < 4.78 is 19.1. The molecule has 1 aliphatic heterocycles. The van der Waals surface area contributed by atoms with Gasteiger partial charge in [0.25, 0.3) is 5.91 Å². The van der Waals surface area contributed by atoms with Crippen LogP contribution in [-0.4, -0.2) is 43.0 Å². The number of rotatable bonds is 4. The monoisotopic (exact) mass is 348 g/mol. The average molecular weight is 348 g/mol. The summed E-state index contributed by atoms with van der Waals surface area (Å²) in [5, 5.41) is 2.88. The summed E-state index contributed by atoms with van der Waals surface area (Å²) in [5.74, 6) is -0.559. The highest BCUT2D eigenvalue weighted by Crippen LogP contribution is 2.28. The van der Waals surface area contributed by atoms with Gasteiger partial charge in [-0.3, -0.25) is 9.59 Å². The zero-order valence-electron chi connectivity index (χ0n) is 14.6. The van der Waals surface area contributed by atoms with Gasteiger partial charge in [-0.2, -0.15) is 0 Å². The maximum absolute atomic E-state index is 14.2. The Hall–Kier alpha value is -2.11. The molecule has 1 N–H and O–H groups in total. The van der Waals surface area contributed by atoms with Crippen molar-refractivity contribution in [2.75, 3.05) is 20.2 Å². The van der Waals surface area contributed by atoms with Crippen molar-refractivity contribution in [1.29, 1.82) is 0 Å². The third-order valence-electron chi connectivity index (χ3n) is 5.27. The van der Waals surface area contributed by atoms with Crippen LogP contribution < -0.4 is 10.1 Å². The van der Waals surface area contributed by atoms with Crippen molar-refractivity contribution in [3.05, 3.63) is 29.6 Å². The summed E-state index contributed by atoms with van der Waals surface area (Å²) in [6.07, 6.45) is 5.71. The molecule has 3 rings (SSSR count). The van der Waals surface area contributed by atoms with Gasteiger partial charge in [0.2, 0.25) is 5.91 Å². The minimum atomic E-state index is -0.642. The molecular formula is C19H25FN2O3. The fourth-order valence-corrected chi connectivity index (χ4v) is 3.78. The molecule has 5 nitrogen and oxygen atoms in total. The van der Waals surface area contributed by atoms with Crippen LogP contribution >= 0.6 is 0 Å². The second-order valence-electron chi connectivity index (χ2n) is 6.88. The van der Waals surface area contributed by atoms with Crippen molar-refractivity contribution in [3.63, 3.8) is 0 Å². The number of amides is 2. The van der Waals surface area contributed by atoms with Crippen molar-refractivity contribution in [2.45, 2.75) is 44.6 Å². The molecular weight excluding hydrogens is 323 g/mol. The van der Waals surface area contributed by atoms with E-state index in [1.54, 1.807) is 6.07 Å². The molecule has 0 bridgehead atoms. The molecule has 6 heteroatoms. The lowest BCUT2D eigenvalue weighted by atomic mass is 10.0. The molecule has 1 saturated heterocycles. The van der Waals surface area contributed by atoms with E-state index in [0.717, 1.165) is 25.7 Å². The molecule has 0 aromatic heterocycles. The fourth-order valence-electron chi connectivity index (χ4n) is 3.78. The van der Waals surface area contributed by atoms with Gasteiger partial charge < -0.3 is 15.0 Å². The molecule has 25 heavy (non-hydrogen) atoms. The molecule has 136 valence electrons. The average Bonchev–Trinajstić information content (AvgIpc) is 3.16. The van der Waals surface area contributed by atoms with Crippen LogP contribution in [0.15, 0.2) is 18.2 Å². The summed E-state index contributed by atoms with van der Waals surface area (Å²) >= 11 is 0. The summed E-state index contributed by atoms with van der Waals surface area (Å²) in [6, 6.07) is 4.50. The number of carbonyl (C=O) groups is 2. The summed E-state index contributed by atoms with van der Waals surface area (Å²) in [4.78, 5) is 26.7. The number of halogens is 1. The highest BCUT2D eigenvalue weighted by atomic mass is 19.1.